The van der Waals surface area contributed by atoms with Crippen molar-refractivity contribution in [2.45, 2.75) is 13.0 Å². The van der Waals surface area contributed by atoms with Crippen molar-refractivity contribution in [3.05, 3.63) is 57.1 Å². The number of carbonyl (C=O) groups is 1. The number of anilines is 3. The second-order valence-corrected chi connectivity index (χ2v) is 7.22. The van der Waals surface area contributed by atoms with E-state index in [1.165, 1.54) is 10.8 Å². The first-order chi connectivity index (χ1) is 13.9. The van der Waals surface area contributed by atoms with Crippen LogP contribution in [-0.4, -0.2) is 28.0 Å². The lowest BCUT2D eigenvalue weighted by Gasteiger charge is -2.17. The number of amides is 1. The van der Waals surface area contributed by atoms with Crippen molar-refractivity contribution < 1.29 is 4.79 Å². The van der Waals surface area contributed by atoms with Gasteiger partial charge in [0.2, 0.25) is 0 Å². The van der Waals surface area contributed by atoms with Crippen molar-refractivity contribution in [2.24, 2.45) is 7.05 Å². The Morgan fingerprint density at radius 1 is 1.34 bits per heavy atom. The second-order valence-electron chi connectivity index (χ2n) is 6.86. The van der Waals surface area contributed by atoms with Gasteiger partial charge in [0.05, 0.1) is 16.9 Å². The Balaban J connectivity index is 1.92. The van der Waals surface area contributed by atoms with Crippen molar-refractivity contribution >= 4 is 45.5 Å². The average molecular weight is 409 g/mol. The summed E-state index contributed by atoms with van der Waals surface area (Å²) in [5.74, 6) is -0.398. The van der Waals surface area contributed by atoms with Crippen LogP contribution in [0, 0.1) is 11.3 Å². The van der Waals surface area contributed by atoms with Gasteiger partial charge in [-0.1, -0.05) is 11.6 Å². The molecule has 3 N–H and O–H groups in total. The highest BCUT2D eigenvalue weighted by Crippen LogP contribution is 2.31. The third-order valence-corrected chi connectivity index (χ3v) is 5.16. The van der Waals surface area contributed by atoms with Gasteiger partial charge in [-0.3, -0.25) is 9.59 Å². The van der Waals surface area contributed by atoms with E-state index in [4.69, 9.17) is 11.6 Å². The third kappa shape index (κ3) is 3.15. The van der Waals surface area contributed by atoms with Gasteiger partial charge in [0, 0.05) is 36.9 Å². The maximum atomic E-state index is 12.8. The number of benzene rings is 1. The van der Waals surface area contributed by atoms with Gasteiger partial charge in [0.1, 0.15) is 22.3 Å². The summed E-state index contributed by atoms with van der Waals surface area (Å²) in [6, 6.07) is 9.08. The molecule has 146 valence electrons. The van der Waals surface area contributed by atoms with E-state index < -0.39 is 5.91 Å². The van der Waals surface area contributed by atoms with Gasteiger partial charge in [0.15, 0.2) is 0 Å². The van der Waals surface area contributed by atoms with Crippen molar-refractivity contribution in [2.75, 3.05) is 17.2 Å². The molecule has 0 radical (unpaired) electrons. The van der Waals surface area contributed by atoms with Crippen LogP contribution in [0.15, 0.2) is 35.3 Å². The van der Waals surface area contributed by atoms with E-state index in [2.05, 4.69) is 20.9 Å². The molecule has 0 saturated carbocycles. The van der Waals surface area contributed by atoms with Gasteiger partial charge in [-0.05, 0) is 31.2 Å². The highest BCUT2D eigenvalue weighted by Gasteiger charge is 2.25. The number of hydrogen-bond acceptors (Lipinski definition) is 6. The molecular weight excluding hydrogens is 392 g/mol. The Morgan fingerprint density at radius 2 is 2.14 bits per heavy atom. The molecule has 1 atom stereocenters. The van der Waals surface area contributed by atoms with Crippen LogP contribution in [0.25, 0.3) is 10.9 Å². The predicted molar refractivity (Wildman–Crippen MR) is 112 cm³/mol. The van der Waals surface area contributed by atoms with Crippen LogP contribution in [0.5, 0.6) is 0 Å². The summed E-state index contributed by atoms with van der Waals surface area (Å²) in [5, 5.41) is 19.4. The molecule has 1 aromatic carbocycles. The maximum Gasteiger partial charge on any atom is 0.265 e. The van der Waals surface area contributed by atoms with Gasteiger partial charge in [-0.2, -0.15) is 5.26 Å². The number of halogens is 1. The minimum Gasteiger partial charge on any atom is -0.379 e. The molecule has 1 amide bonds. The molecule has 1 unspecified atom stereocenters. The van der Waals surface area contributed by atoms with Crippen molar-refractivity contribution in [1.82, 2.24) is 14.9 Å². The van der Waals surface area contributed by atoms with E-state index in [9.17, 15) is 14.9 Å². The summed E-state index contributed by atoms with van der Waals surface area (Å²) in [6.07, 6.45) is 1.51. The molecule has 29 heavy (non-hydrogen) atoms. The number of carbonyl (C=O) groups excluding carboxylic acids is 1. The van der Waals surface area contributed by atoms with Crippen molar-refractivity contribution in [3.63, 3.8) is 0 Å². The predicted octanol–water partition coefficient (Wildman–Crippen LogP) is 2.75. The zero-order chi connectivity index (χ0) is 20.7. The van der Waals surface area contributed by atoms with Crippen molar-refractivity contribution in [1.29, 1.82) is 5.26 Å². The molecular formula is C20H17ClN6O2. The SMILES string of the molecule is CC1CNC(=O)c2c(c3cc(Nc4ccnc(Cl)c4C#N)ccc3n(C)c2=O)N1. The van der Waals surface area contributed by atoms with Gasteiger partial charge in [0.25, 0.3) is 11.5 Å². The molecule has 2 aromatic heterocycles. The zero-order valence-corrected chi connectivity index (χ0v) is 16.5. The molecule has 1 aliphatic rings. The topological polar surface area (TPSA) is 112 Å². The van der Waals surface area contributed by atoms with Gasteiger partial charge < -0.3 is 20.5 Å². The summed E-state index contributed by atoms with van der Waals surface area (Å²) in [7, 11) is 1.63. The number of rotatable bonds is 2. The van der Waals surface area contributed by atoms with E-state index in [1.54, 1.807) is 25.2 Å². The van der Waals surface area contributed by atoms with E-state index in [1.807, 2.05) is 19.1 Å². The molecule has 3 aromatic rings. The molecule has 9 heteroatoms. The van der Waals surface area contributed by atoms with Gasteiger partial charge >= 0.3 is 0 Å². The zero-order valence-electron chi connectivity index (χ0n) is 15.7. The van der Waals surface area contributed by atoms with E-state index in [0.717, 1.165) is 5.39 Å². The lowest BCUT2D eigenvalue weighted by Crippen LogP contribution is -2.33. The quantitative estimate of drug-likeness (QED) is 0.562. The molecule has 3 heterocycles. The largest absolute Gasteiger partial charge is 0.379 e. The van der Waals surface area contributed by atoms with Crippen LogP contribution in [-0.2, 0) is 7.05 Å². The first-order valence-electron chi connectivity index (χ1n) is 8.93. The number of nitrogens with zero attached hydrogens (tertiary/aromatic N) is 3. The van der Waals surface area contributed by atoms with Crippen LogP contribution in [0.1, 0.15) is 22.8 Å². The summed E-state index contributed by atoms with van der Waals surface area (Å²) >= 11 is 6.01. The number of aryl methyl sites for hydroxylation is 1. The summed E-state index contributed by atoms with van der Waals surface area (Å²) < 4.78 is 1.46. The fourth-order valence-corrected chi connectivity index (χ4v) is 3.62. The standard InChI is InChI=1S/C20H17ClN6O2/c1-10-9-24-19(28)16-17(25-10)12-7-11(3-4-15(12)27(2)20(16)29)26-14-5-6-23-18(21)13(14)8-22/h3-7,10,25H,9H2,1-2H3,(H,23,26)(H,24,28). The normalized spacial score (nSPS) is 15.7. The molecule has 0 fully saturated rings. The highest BCUT2D eigenvalue weighted by molar-refractivity contribution is 6.31. The number of nitriles is 1. The van der Waals surface area contributed by atoms with Crippen LogP contribution < -0.4 is 21.5 Å². The Hall–Kier alpha value is -3.57. The van der Waals surface area contributed by atoms with E-state index in [-0.39, 0.29) is 27.9 Å². The minimum atomic E-state index is -0.398. The summed E-state index contributed by atoms with van der Waals surface area (Å²) in [4.78, 5) is 29.2. The Morgan fingerprint density at radius 3 is 2.90 bits per heavy atom. The lowest BCUT2D eigenvalue weighted by molar-refractivity contribution is 0.0954. The van der Waals surface area contributed by atoms with Gasteiger partial charge in [-0.15, -0.1) is 0 Å². The molecule has 0 bridgehead atoms. The van der Waals surface area contributed by atoms with Crippen LogP contribution in [0.3, 0.4) is 0 Å². The number of hydrogen-bond donors (Lipinski definition) is 3. The van der Waals surface area contributed by atoms with Crippen molar-refractivity contribution in [3.8, 4) is 6.07 Å². The highest BCUT2D eigenvalue weighted by atomic mass is 35.5. The van der Waals surface area contributed by atoms with E-state index in [0.29, 0.717) is 29.1 Å². The Kier molecular flexibility index (Phi) is 4.60. The van der Waals surface area contributed by atoms with Crippen LogP contribution >= 0.6 is 11.6 Å². The molecule has 0 spiro atoms. The maximum absolute atomic E-state index is 12.8. The van der Waals surface area contributed by atoms with Gasteiger partial charge in [-0.25, -0.2) is 4.98 Å². The van der Waals surface area contributed by atoms with Crippen LogP contribution in [0.2, 0.25) is 5.15 Å². The fraction of sp³-hybridized carbons (Fsp3) is 0.200. The molecule has 0 saturated heterocycles. The fourth-order valence-electron chi connectivity index (χ4n) is 3.42. The molecule has 8 nitrogen and oxygen atoms in total. The second kappa shape index (κ2) is 7.11. The molecule has 0 aliphatic carbocycles. The lowest BCUT2D eigenvalue weighted by atomic mass is 10.1. The molecule has 1 aliphatic heterocycles. The first kappa shape index (κ1) is 18.8. The average Bonchev–Trinajstić information content (AvgIpc) is 2.85. The first-order valence-corrected chi connectivity index (χ1v) is 9.31. The van der Waals surface area contributed by atoms with Crippen LogP contribution in [0.4, 0.5) is 17.1 Å². The summed E-state index contributed by atoms with van der Waals surface area (Å²) in [5.41, 5.74) is 2.34. The minimum absolute atomic E-state index is 0.0451. The smallest absolute Gasteiger partial charge is 0.265 e. The Labute approximate surface area is 171 Å². The van der Waals surface area contributed by atoms with E-state index >= 15 is 0 Å². The molecule has 4 rings (SSSR count). The number of fused-ring (bicyclic) bond motifs is 3. The number of nitrogens with one attached hydrogen (secondary N) is 3. The number of aromatic nitrogens is 2. The Bertz CT molecular complexity index is 1260. The number of pyridine rings is 2. The summed E-state index contributed by atoms with van der Waals surface area (Å²) in [6.45, 7) is 2.34. The third-order valence-electron chi connectivity index (χ3n) is 4.88. The monoisotopic (exact) mass is 408 g/mol.